The monoisotopic (exact) mass is 808 g/mol. The Balaban J connectivity index is 0.889. The molecule has 10 aromatic carbocycles. The molecule has 0 unspecified atom stereocenters. The highest BCUT2D eigenvalue weighted by Gasteiger charge is 2.36. The van der Waals surface area contributed by atoms with E-state index in [-0.39, 0.29) is 5.41 Å². The fourth-order valence-corrected chi connectivity index (χ4v) is 11.6. The van der Waals surface area contributed by atoms with Crippen molar-refractivity contribution in [3.8, 4) is 16.8 Å². The number of hydrogen-bond donors (Lipinski definition) is 0. The van der Waals surface area contributed by atoms with Gasteiger partial charge in [-0.3, -0.25) is 0 Å². The Morgan fingerprint density at radius 2 is 1.11 bits per heavy atom. The summed E-state index contributed by atoms with van der Waals surface area (Å²) in [5.74, 6) is 0. The lowest BCUT2D eigenvalue weighted by atomic mass is 9.81. The van der Waals surface area contributed by atoms with E-state index in [1.54, 1.807) is 0 Å². The Hall–Kier alpha value is -7.46. The normalized spacial score (nSPS) is 13.4. The number of thiophene rings is 1. The molecule has 13 rings (SSSR count). The van der Waals surface area contributed by atoms with Gasteiger partial charge in [-0.25, -0.2) is 0 Å². The fourth-order valence-electron chi connectivity index (χ4n) is 10.5. The second-order valence-corrected chi connectivity index (χ2v) is 18.4. The molecule has 2 nitrogen and oxygen atoms in total. The second kappa shape index (κ2) is 13.3. The Bertz CT molecular complexity index is 3790. The molecule has 12 aromatic rings. The predicted octanol–water partition coefficient (Wildman–Crippen LogP) is 16.8. The maximum atomic E-state index is 2.45. The van der Waals surface area contributed by atoms with Crippen LogP contribution < -0.4 is 4.90 Å². The van der Waals surface area contributed by atoms with Crippen LogP contribution in [0.1, 0.15) is 36.1 Å². The summed E-state index contributed by atoms with van der Waals surface area (Å²) >= 11 is 1.87. The standard InChI is InChI=1S/C59H40N2S/c1-59(2)51-33-37(19-21-39-24-32-54-58-46(39)29-23-40-13-10-17-53(57(40)58)61(54)42-14-4-3-5-15-42)20-28-47(51)48-30-26-44(35-52(48)59)60(43-25-22-38-11-6-7-12-41(38)34-43)45-27-31-50-49-16-8-9-18-55(49)62-56(50)36-45/h3-36H,1-2H3. The van der Waals surface area contributed by atoms with Gasteiger partial charge in [-0.1, -0.05) is 153 Å². The van der Waals surface area contributed by atoms with Crippen LogP contribution in [0.3, 0.4) is 0 Å². The molecule has 0 N–H and O–H groups in total. The summed E-state index contributed by atoms with van der Waals surface area (Å²) in [7, 11) is 0. The third-order valence-electron chi connectivity index (χ3n) is 13.5. The summed E-state index contributed by atoms with van der Waals surface area (Å²) in [6.45, 7) is 4.78. The van der Waals surface area contributed by atoms with Crippen LogP contribution >= 0.6 is 11.3 Å². The molecule has 1 aliphatic carbocycles. The van der Waals surface area contributed by atoms with Gasteiger partial charge in [0.25, 0.3) is 0 Å². The zero-order valence-electron chi connectivity index (χ0n) is 34.4. The van der Waals surface area contributed by atoms with Crippen LogP contribution in [0.15, 0.2) is 194 Å². The summed E-state index contributed by atoms with van der Waals surface area (Å²) in [5, 5.41) is 10.3. The van der Waals surface area contributed by atoms with Crippen molar-refractivity contribution in [2.45, 2.75) is 19.3 Å². The molecule has 0 fully saturated rings. The summed E-state index contributed by atoms with van der Waals surface area (Å²) in [5.41, 5.74) is 14.7. The molecule has 0 saturated heterocycles. The van der Waals surface area contributed by atoms with E-state index in [1.807, 2.05) is 11.3 Å². The van der Waals surface area contributed by atoms with Crippen LogP contribution in [0.25, 0.3) is 92.5 Å². The van der Waals surface area contributed by atoms with E-state index in [2.05, 4.69) is 230 Å². The van der Waals surface area contributed by atoms with Gasteiger partial charge in [0, 0.05) is 59.1 Å². The minimum Gasteiger partial charge on any atom is -0.310 e. The molecule has 0 aliphatic heterocycles. The fraction of sp³-hybridized carbons (Fsp3) is 0.0508. The summed E-state index contributed by atoms with van der Waals surface area (Å²) in [6, 6.07) is 72.0. The van der Waals surface area contributed by atoms with Gasteiger partial charge in [0.2, 0.25) is 0 Å². The molecule has 62 heavy (non-hydrogen) atoms. The molecular formula is C59H40N2S. The SMILES string of the molecule is CC1(C)c2cc(C=Cc3ccc4c5c3ccc3cccc(c35)n4-c3ccccc3)ccc2-c2ccc(N(c3ccc4ccccc4c3)c3ccc4c(c3)sc3ccccc34)cc21. The molecular weight excluding hydrogens is 769 g/mol. The first kappa shape index (κ1) is 35.3. The molecule has 2 aromatic heterocycles. The third kappa shape index (κ3) is 5.22. The van der Waals surface area contributed by atoms with Gasteiger partial charge in [-0.15, -0.1) is 11.3 Å². The molecule has 3 heteroatoms. The van der Waals surface area contributed by atoms with Gasteiger partial charge in [-0.05, 0) is 122 Å². The molecule has 292 valence electrons. The molecule has 1 aliphatic rings. The van der Waals surface area contributed by atoms with Gasteiger partial charge in [0.05, 0.1) is 11.0 Å². The highest BCUT2D eigenvalue weighted by molar-refractivity contribution is 7.25. The molecule has 0 atom stereocenters. The first-order valence-electron chi connectivity index (χ1n) is 21.5. The van der Waals surface area contributed by atoms with Crippen LogP contribution in [-0.4, -0.2) is 4.57 Å². The molecule has 0 spiro atoms. The Kier molecular flexibility index (Phi) is 7.56. The number of anilines is 3. The maximum absolute atomic E-state index is 2.45. The van der Waals surface area contributed by atoms with E-state index < -0.39 is 0 Å². The average Bonchev–Trinajstić information content (AvgIpc) is 3.93. The van der Waals surface area contributed by atoms with Crippen LogP contribution in [-0.2, 0) is 5.41 Å². The van der Waals surface area contributed by atoms with Crippen molar-refractivity contribution >= 4 is 104 Å². The minimum atomic E-state index is -0.196. The Labute approximate surface area is 364 Å². The van der Waals surface area contributed by atoms with Gasteiger partial charge in [0.1, 0.15) is 0 Å². The van der Waals surface area contributed by atoms with E-state index in [0.29, 0.717) is 0 Å². The van der Waals surface area contributed by atoms with Crippen LogP contribution in [0, 0.1) is 0 Å². The van der Waals surface area contributed by atoms with Gasteiger partial charge in [0.15, 0.2) is 0 Å². The summed E-state index contributed by atoms with van der Waals surface area (Å²) < 4.78 is 5.03. The first-order valence-corrected chi connectivity index (χ1v) is 22.3. The van der Waals surface area contributed by atoms with Crippen molar-refractivity contribution in [2.75, 3.05) is 4.90 Å². The van der Waals surface area contributed by atoms with E-state index in [9.17, 15) is 0 Å². The van der Waals surface area contributed by atoms with E-state index in [0.717, 1.165) is 17.1 Å². The predicted molar refractivity (Wildman–Crippen MR) is 267 cm³/mol. The molecule has 0 radical (unpaired) electrons. The number of fused-ring (bicyclic) bond motifs is 7. The van der Waals surface area contributed by atoms with E-state index in [4.69, 9.17) is 0 Å². The van der Waals surface area contributed by atoms with Gasteiger partial charge in [-0.2, -0.15) is 0 Å². The van der Waals surface area contributed by atoms with Crippen molar-refractivity contribution < 1.29 is 0 Å². The highest BCUT2D eigenvalue weighted by Crippen LogP contribution is 2.52. The van der Waals surface area contributed by atoms with Crippen LogP contribution in [0.2, 0.25) is 0 Å². The Morgan fingerprint density at radius 1 is 0.452 bits per heavy atom. The lowest BCUT2D eigenvalue weighted by Gasteiger charge is -2.28. The number of aromatic nitrogens is 1. The maximum Gasteiger partial charge on any atom is 0.0547 e. The van der Waals surface area contributed by atoms with Crippen molar-refractivity contribution in [1.29, 1.82) is 0 Å². The van der Waals surface area contributed by atoms with E-state index in [1.165, 1.54) is 103 Å². The third-order valence-corrected chi connectivity index (χ3v) is 14.7. The number of nitrogens with zero attached hydrogens (tertiary/aromatic N) is 2. The molecule has 0 amide bonds. The molecule has 0 bridgehead atoms. The van der Waals surface area contributed by atoms with Gasteiger partial charge >= 0.3 is 0 Å². The number of para-hydroxylation sites is 1. The largest absolute Gasteiger partial charge is 0.310 e. The van der Waals surface area contributed by atoms with Crippen LogP contribution in [0.4, 0.5) is 17.1 Å². The lowest BCUT2D eigenvalue weighted by molar-refractivity contribution is 0.660. The average molecular weight is 809 g/mol. The van der Waals surface area contributed by atoms with Crippen LogP contribution in [0.5, 0.6) is 0 Å². The smallest absolute Gasteiger partial charge is 0.0547 e. The van der Waals surface area contributed by atoms with E-state index >= 15 is 0 Å². The van der Waals surface area contributed by atoms with Crippen molar-refractivity contribution in [3.63, 3.8) is 0 Å². The number of rotatable bonds is 6. The zero-order chi connectivity index (χ0) is 41.1. The summed E-state index contributed by atoms with van der Waals surface area (Å²) in [6.07, 6.45) is 4.61. The van der Waals surface area contributed by atoms with Gasteiger partial charge < -0.3 is 9.47 Å². The topological polar surface area (TPSA) is 8.17 Å². The first-order chi connectivity index (χ1) is 30.5. The second-order valence-electron chi connectivity index (χ2n) is 17.3. The number of benzene rings is 10. The molecule has 0 saturated carbocycles. The zero-order valence-corrected chi connectivity index (χ0v) is 35.2. The van der Waals surface area contributed by atoms with Crippen molar-refractivity contribution in [1.82, 2.24) is 4.57 Å². The summed E-state index contributed by atoms with van der Waals surface area (Å²) in [4.78, 5) is 2.45. The molecule has 2 heterocycles. The highest BCUT2D eigenvalue weighted by atomic mass is 32.1. The number of hydrogen-bond acceptors (Lipinski definition) is 2. The Morgan fingerprint density at radius 3 is 2.02 bits per heavy atom. The van der Waals surface area contributed by atoms with Crippen molar-refractivity contribution in [2.24, 2.45) is 0 Å². The quantitative estimate of drug-likeness (QED) is 0.120. The minimum absolute atomic E-state index is 0.196. The van der Waals surface area contributed by atoms with Crippen molar-refractivity contribution in [3.05, 3.63) is 216 Å². The lowest BCUT2D eigenvalue weighted by Crippen LogP contribution is -2.16.